The molecule has 0 heterocycles. The van der Waals surface area contributed by atoms with E-state index < -0.39 is 0 Å². The van der Waals surface area contributed by atoms with Gasteiger partial charge in [-0.25, -0.2) is 0 Å². The van der Waals surface area contributed by atoms with Crippen molar-refractivity contribution in [3.05, 3.63) is 6.10 Å². The summed E-state index contributed by atoms with van der Waals surface area (Å²) in [5, 5.41) is 9.16. The minimum atomic E-state index is 0.329. The van der Waals surface area contributed by atoms with E-state index in [1.165, 1.54) is 0 Å². The maximum atomic E-state index is 9.16. The summed E-state index contributed by atoms with van der Waals surface area (Å²) >= 11 is 0. The van der Waals surface area contributed by atoms with E-state index in [9.17, 15) is 0 Å². The highest BCUT2D eigenvalue weighted by atomic mass is 16.5. The third-order valence-corrected chi connectivity index (χ3v) is 1.82. The van der Waals surface area contributed by atoms with Crippen molar-refractivity contribution in [3.63, 3.8) is 0 Å². The summed E-state index contributed by atoms with van der Waals surface area (Å²) in [7, 11) is 1.67. The third kappa shape index (κ3) is 1.66. The molecule has 9 heavy (non-hydrogen) atoms. The summed E-state index contributed by atoms with van der Waals surface area (Å²) in [6.45, 7) is 0.686. The Hall–Kier alpha value is -0.0800. The summed E-state index contributed by atoms with van der Waals surface area (Å²) in [6, 6.07) is 0. The third-order valence-electron chi connectivity index (χ3n) is 1.82. The second kappa shape index (κ2) is 3.18. The highest BCUT2D eigenvalue weighted by molar-refractivity contribution is 4.90. The van der Waals surface area contributed by atoms with Crippen molar-refractivity contribution < 1.29 is 9.84 Å². The second-order valence-electron chi connectivity index (χ2n) is 2.54. The van der Waals surface area contributed by atoms with Gasteiger partial charge in [0.1, 0.15) is 0 Å². The predicted molar refractivity (Wildman–Crippen MR) is 34.4 cm³/mol. The average molecular weight is 129 g/mol. The van der Waals surface area contributed by atoms with Gasteiger partial charge >= 0.3 is 0 Å². The van der Waals surface area contributed by atoms with Crippen LogP contribution in [0.15, 0.2) is 0 Å². The fourth-order valence-corrected chi connectivity index (χ4v) is 1.28. The van der Waals surface area contributed by atoms with Crippen LogP contribution in [-0.2, 0) is 4.74 Å². The molecule has 1 fully saturated rings. The van der Waals surface area contributed by atoms with Crippen LogP contribution < -0.4 is 0 Å². The first-order valence-corrected chi connectivity index (χ1v) is 3.38. The lowest BCUT2D eigenvalue weighted by Gasteiger charge is -2.10. The molecule has 0 amide bonds. The van der Waals surface area contributed by atoms with E-state index in [0.717, 1.165) is 19.3 Å². The van der Waals surface area contributed by atoms with Gasteiger partial charge in [0, 0.05) is 13.0 Å². The zero-order chi connectivity index (χ0) is 6.69. The van der Waals surface area contributed by atoms with Gasteiger partial charge in [-0.3, -0.25) is 0 Å². The summed E-state index contributed by atoms with van der Waals surface area (Å²) in [6.07, 6.45) is 3.74. The Morgan fingerprint density at radius 1 is 1.78 bits per heavy atom. The maximum absolute atomic E-state index is 9.16. The molecule has 2 heteroatoms. The number of ether oxygens (including phenoxy) is 1. The number of hydrogen-bond donors (Lipinski definition) is 1. The van der Waals surface area contributed by atoms with E-state index in [1.54, 1.807) is 7.11 Å². The molecule has 0 aliphatic heterocycles. The Morgan fingerprint density at radius 2 is 2.56 bits per heavy atom. The van der Waals surface area contributed by atoms with Crippen LogP contribution in [0.25, 0.3) is 0 Å². The second-order valence-corrected chi connectivity index (χ2v) is 2.54. The summed E-state index contributed by atoms with van der Waals surface area (Å²) < 4.78 is 4.92. The van der Waals surface area contributed by atoms with Crippen LogP contribution in [0.5, 0.6) is 0 Å². The fourth-order valence-electron chi connectivity index (χ4n) is 1.28. The van der Waals surface area contributed by atoms with Crippen LogP contribution in [0.2, 0.25) is 0 Å². The van der Waals surface area contributed by atoms with Crippen LogP contribution in [-0.4, -0.2) is 18.8 Å². The fraction of sp³-hybridized carbons (Fsp3) is 0.857. The topological polar surface area (TPSA) is 29.5 Å². The van der Waals surface area contributed by atoms with Gasteiger partial charge in [-0.2, -0.15) is 0 Å². The number of hydrogen-bond acceptors (Lipinski definition) is 2. The standard InChI is InChI=1S/C7H13O2/c1-9-5-6-3-2-4-7(6)8/h6,8H,2-5H2,1H3. The number of aliphatic hydroxyl groups excluding tert-OH is 1. The molecule has 1 aliphatic rings. The van der Waals surface area contributed by atoms with Crippen molar-refractivity contribution in [2.45, 2.75) is 19.3 Å². The Bertz CT molecular complexity index is 83.0. The van der Waals surface area contributed by atoms with Gasteiger partial charge in [0.25, 0.3) is 0 Å². The zero-order valence-corrected chi connectivity index (χ0v) is 5.76. The van der Waals surface area contributed by atoms with Crippen LogP contribution in [0.1, 0.15) is 19.3 Å². The molecule has 1 rings (SSSR count). The van der Waals surface area contributed by atoms with E-state index in [0.29, 0.717) is 18.6 Å². The van der Waals surface area contributed by atoms with Crippen LogP contribution >= 0.6 is 0 Å². The van der Waals surface area contributed by atoms with E-state index >= 15 is 0 Å². The number of aliphatic hydroxyl groups is 1. The van der Waals surface area contributed by atoms with Crippen LogP contribution in [0, 0.1) is 12.0 Å². The van der Waals surface area contributed by atoms with Crippen molar-refractivity contribution in [3.8, 4) is 0 Å². The molecule has 1 saturated carbocycles. The Balaban J connectivity index is 2.22. The molecular formula is C7H13O2. The molecule has 1 aliphatic carbocycles. The molecule has 0 aromatic carbocycles. The van der Waals surface area contributed by atoms with E-state index in [4.69, 9.17) is 9.84 Å². The van der Waals surface area contributed by atoms with Crippen molar-refractivity contribution in [2.24, 2.45) is 5.92 Å². The first-order valence-electron chi connectivity index (χ1n) is 3.38. The van der Waals surface area contributed by atoms with Gasteiger partial charge < -0.3 is 9.84 Å². The minimum Gasteiger partial charge on any atom is -0.386 e. The van der Waals surface area contributed by atoms with Crippen LogP contribution in [0.3, 0.4) is 0 Å². The van der Waals surface area contributed by atoms with Gasteiger partial charge in [-0.1, -0.05) is 0 Å². The Kier molecular flexibility index (Phi) is 2.49. The van der Waals surface area contributed by atoms with Gasteiger partial charge in [-0.05, 0) is 19.3 Å². The predicted octanol–water partition coefficient (Wildman–Crippen LogP) is 1.34. The molecular weight excluding hydrogens is 116 g/mol. The largest absolute Gasteiger partial charge is 0.386 e. The smallest absolute Gasteiger partial charge is 0.0986 e. The lowest BCUT2D eigenvalue weighted by molar-refractivity contribution is 0.124. The highest BCUT2D eigenvalue weighted by Gasteiger charge is 2.25. The van der Waals surface area contributed by atoms with Gasteiger partial charge in [-0.15, -0.1) is 0 Å². The molecule has 1 radical (unpaired) electrons. The highest BCUT2D eigenvalue weighted by Crippen LogP contribution is 2.30. The molecule has 0 aromatic heterocycles. The summed E-state index contributed by atoms with van der Waals surface area (Å²) in [5.41, 5.74) is 0. The Labute approximate surface area is 55.8 Å². The normalized spacial score (nSPS) is 29.3. The minimum absolute atomic E-state index is 0.329. The monoisotopic (exact) mass is 129 g/mol. The molecule has 0 bridgehead atoms. The average Bonchev–Trinajstić information content (AvgIpc) is 2.18. The van der Waals surface area contributed by atoms with Gasteiger partial charge in [0.05, 0.1) is 12.7 Å². The van der Waals surface area contributed by atoms with Crippen molar-refractivity contribution >= 4 is 0 Å². The van der Waals surface area contributed by atoms with Crippen LogP contribution in [0.4, 0.5) is 0 Å². The van der Waals surface area contributed by atoms with Crippen molar-refractivity contribution in [1.82, 2.24) is 0 Å². The summed E-state index contributed by atoms with van der Waals surface area (Å²) in [5.74, 6) is 0.329. The molecule has 1 atom stereocenters. The molecule has 53 valence electrons. The van der Waals surface area contributed by atoms with E-state index in [1.807, 2.05) is 0 Å². The lowest BCUT2D eigenvalue weighted by Crippen LogP contribution is -2.10. The molecule has 1 N–H and O–H groups in total. The number of rotatable bonds is 2. The molecule has 2 nitrogen and oxygen atoms in total. The molecule has 0 aromatic rings. The SMILES string of the molecule is COCC1CCC[C]1O. The maximum Gasteiger partial charge on any atom is 0.0986 e. The molecule has 1 unspecified atom stereocenters. The first kappa shape index (κ1) is 7.03. The van der Waals surface area contributed by atoms with Crippen molar-refractivity contribution in [1.29, 1.82) is 0 Å². The summed E-state index contributed by atoms with van der Waals surface area (Å²) in [4.78, 5) is 0. The van der Waals surface area contributed by atoms with Gasteiger partial charge in [0.2, 0.25) is 0 Å². The zero-order valence-electron chi connectivity index (χ0n) is 5.76. The van der Waals surface area contributed by atoms with Crippen molar-refractivity contribution in [2.75, 3.05) is 13.7 Å². The molecule has 0 spiro atoms. The molecule has 0 saturated heterocycles. The lowest BCUT2D eigenvalue weighted by atomic mass is 10.1. The first-order chi connectivity index (χ1) is 4.34. The number of methoxy groups -OCH3 is 1. The van der Waals surface area contributed by atoms with E-state index in [-0.39, 0.29) is 0 Å². The Morgan fingerprint density at radius 3 is 3.00 bits per heavy atom. The van der Waals surface area contributed by atoms with Gasteiger partial charge in [0.15, 0.2) is 0 Å². The van der Waals surface area contributed by atoms with E-state index in [2.05, 4.69) is 0 Å². The quantitative estimate of drug-likeness (QED) is 0.609.